The average molecular weight is 165 g/mol. The number of H-pyrrole nitrogens is 1. The van der Waals surface area contributed by atoms with Crippen LogP contribution in [0.3, 0.4) is 0 Å². The Morgan fingerprint density at radius 2 is 2.50 bits per heavy atom. The molecule has 1 aromatic heterocycles. The summed E-state index contributed by atoms with van der Waals surface area (Å²) >= 11 is 0. The second kappa shape index (κ2) is 4.54. The first kappa shape index (κ1) is 8.77. The van der Waals surface area contributed by atoms with E-state index in [9.17, 15) is 0 Å². The first-order chi connectivity index (χ1) is 5.84. The summed E-state index contributed by atoms with van der Waals surface area (Å²) in [7, 11) is 1.62. The van der Waals surface area contributed by atoms with Crippen LogP contribution in [0.5, 0.6) is 0 Å². The molecule has 0 aliphatic heterocycles. The summed E-state index contributed by atoms with van der Waals surface area (Å²) in [6.45, 7) is 3.82. The first-order valence-electron chi connectivity index (χ1n) is 3.70. The molecule has 64 valence electrons. The smallest absolute Gasteiger partial charge is 0.125 e. The molecule has 3 heteroatoms. The number of aromatic nitrogens is 1. The van der Waals surface area contributed by atoms with Crippen LogP contribution in [0.2, 0.25) is 0 Å². The molecule has 3 N–H and O–H groups in total. The maximum absolute atomic E-state index is 4.74. The second-order valence-electron chi connectivity index (χ2n) is 2.33. The normalized spacial score (nSPS) is 12.9. The second-order valence-corrected chi connectivity index (χ2v) is 2.33. The van der Waals surface area contributed by atoms with Crippen LogP contribution >= 0.6 is 0 Å². The number of nitrogens with two attached hydrogens (primary N) is 1. The molecule has 1 aromatic rings. The number of hydrogen-bond acceptors (Lipinski definition) is 1. The predicted molar refractivity (Wildman–Crippen MR) is 48.1 cm³/mol. The highest BCUT2D eigenvalue weighted by Crippen LogP contribution is 1.66. The Hall–Kier alpha value is -1.32. The van der Waals surface area contributed by atoms with Crippen LogP contribution in [0.25, 0.3) is 12.7 Å². The molecule has 0 saturated carbocycles. The van der Waals surface area contributed by atoms with Gasteiger partial charge in [0.1, 0.15) is 6.20 Å². The third-order valence-electron chi connectivity index (χ3n) is 1.47. The zero-order valence-corrected chi connectivity index (χ0v) is 7.08. The summed E-state index contributed by atoms with van der Waals surface area (Å²) in [5.74, 6) is 0. The van der Waals surface area contributed by atoms with Gasteiger partial charge in [0.05, 0.1) is 7.11 Å². The highest BCUT2D eigenvalue weighted by Gasteiger charge is 1.79. The Morgan fingerprint density at radius 1 is 1.67 bits per heavy atom. The predicted octanol–water partition coefficient (Wildman–Crippen LogP) is -1.16. The van der Waals surface area contributed by atoms with Crippen molar-refractivity contribution in [1.82, 2.24) is 4.98 Å². The molecular formula is C9H13N2O+. The number of hydroxylamine groups is 1. The lowest BCUT2D eigenvalue weighted by Crippen LogP contribution is -2.75. The topological polar surface area (TPSA) is 41.6 Å². The Bertz CT molecular complexity index is 351. The highest BCUT2D eigenvalue weighted by molar-refractivity contribution is 5.35. The van der Waals surface area contributed by atoms with Gasteiger partial charge in [-0.05, 0) is 23.4 Å². The quantitative estimate of drug-likeness (QED) is 0.545. The number of allylic oxidation sites excluding steroid dienone is 1. The molecule has 0 amide bonds. The van der Waals surface area contributed by atoms with Gasteiger partial charge in [-0.1, -0.05) is 6.58 Å². The fourth-order valence-corrected chi connectivity index (χ4v) is 0.855. The molecule has 0 aliphatic carbocycles. The van der Waals surface area contributed by atoms with Crippen molar-refractivity contribution in [2.45, 2.75) is 0 Å². The zero-order valence-electron chi connectivity index (χ0n) is 7.08. The lowest BCUT2D eigenvalue weighted by Gasteiger charge is -1.81. The van der Waals surface area contributed by atoms with E-state index in [2.05, 4.69) is 11.6 Å². The molecule has 1 rings (SSSR count). The summed E-state index contributed by atoms with van der Waals surface area (Å²) in [6.07, 6.45) is 7.56. The van der Waals surface area contributed by atoms with Gasteiger partial charge < -0.3 is 4.98 Å². The van der Waals surface area contributed by atoms with Crippen molar-refractivity contribution in [2.75, 3.05) is 7.11 Å². The minimum atomic E-state index is 0.928. The summed E-state index contributed by atoms with van der Waals surface area (Å²) in [5, 5.41) is 2.02. The number of quaternary nitrogens is 1. The van der Waals surface area contributed by atoms with E-state index in [0.29, 0.717) is 0 Å². The fourth-order valence-electron chi connectivity index (χ4n) is 0.855. The summed E-state index contributed by atoms with van der Waals surface area (Å²) in [5.41, 5.74) is 1.62. The Morgan fingerprint density at radius 3 is 3.08 bits per heavy atom. The molecule has 0 saturated heterocycles. The van der Waals surface area contributed by atoms with E-state index >= 15 is 0 Å². The van der Waals surface area contributed by atoms with Crippen LogP contribution < -0.4 is 16.0 Å². The first-order valence-corrected chi connectivity index (χ1v) is 3.70. The van der Waals surface area contributed by atoms with E-state index in [-0.39, 0.29) is 0 Å². The van der Waals surface area contributed by atoms with Crippen LogP contribution in [-0.4, -0.2) is 12.1 Å². The van der Waals surface area contributed by atoms with Crippen molar-refractivity contribution in [3.8, 4) is 0 Å². The molecule has 0 radical (unpaired) electrons. The van der Waals surface area contributed by atoms with Gasteiger partial charge in [0, 0.05) is 11.5 Å². The van der Waals surface area contributed by atoms with Gasteiger partial charge in [0.15, 0.2) is 0 Å². The molecule has 0 aromatic carbocycles. The molecular weight excluding hydrogens is 152 g/mol. The fraction of sp³-hybridized carbons (Fsp3) is 0.111. The minimum absolute atomic E-state index is 0.928. The maximum atomic E-state index is 4.74. The molecule has 0 aliphatic rings. The summed E-state index contributed by atoms with van der Waals surface area (Å²) < 4.78 is 0. The largest absolute Gasteiger partial charge is 0.362 e. The molecule has 0 atom stereocenters. The Kier molecular flexibility index (Phi) is 3.32. The van der Waals surface area contributed by atoms with Crippen molar-refractivity contribution in [1.29, 1.82) is 0 Å². The maximum Gasteiger partial charge on any atom is 0.125 e. The number of rotatable bonds is 3. The monoisotopic (exact) mass is 165 g/mol. The Labute approximate surface area is 71.0 Å². The van der Waals surface area contributed by atoms with Crippen molar-refractivity contribution in [3.05, 3.63) is 35.1 Å². The molecule has 1 heterocycles. The number of nitrogens with one attached hydrogen (secondary N) is 1. The van der Waals surface area contributed by atoms with Gasteiger partial charge in [-0.25, -0.2) is 4.84 Å². The van der Waals surface area contributed by atoms with Crippen molar-refractivity contribution < 1.29 is 10.3 Å². The Balaban J connectivity index is 2.71. The van der Waals surface area contributed by atoms with Gasteiger partial charge >= 0.3 is 0 Å². The van der Waals surface area contributed by atoms with E-state index in [4.69, 9.17) is 4.84 Å². The van der Waals surface area contributed by atoms with Crippen LogP contribution in [0.4, 0.5) is 0 Å². The van der Waals surface area contributed by atoms with Crippen molar-refractivity contribution >= 4 is 12.7 Å². The number of aromatic amines is 1. The van der Waals surface area contributed by atoms with E-state index in [1.807, 2.05) is 30.6 Å². The van der Waals surface area contributed by atoms with Crippen molar-refractivity contribution in [3.63, 3.8) is 0 Å². The van der Waals surface area contributed by atoms with Gasteiger partial charge in [-0.2, -0.15) is 5.48 Å². The lowest BCUT2D eigenvalue weighted by molar-refractivity contribution is -0.842. The zero-order chi connectivity index (χ0) is 8.81. The standard InChI is InChI=1S/C9H12N2O/c1-8-9(5-7-10-8)4-3-6-11-12-2/h3-7,10-11H,1H2,2H3/p+1/b6-3-,9-4-. The SMILES string of the molecule is C=c1[nH]cc/c1=C/C=C\[NH2+]OC. The molecule has 12 heavy (non-hydrogen) atoms. The lowest BCUT2D eigenvalue weighted by atomic mass is 10.4. The van der Waals surface area contributed by atoms with E-state index in [0.717, 1.165) is 10.6 Å². The highest BCUT2D eigenvalue weighted by atomic mass is 16.6. The van der Waals surface area contributed by atoms with Crippen LogP contribution in [0.1, 0.15) is 0 Å². The molecule has 0 fully saturated rings. The molecule has 3 nitrogen and oxygen atoms in total. The van der Waals surface area contributed by atoms with E-state index < -0.39 is 0 Å². The van der Waals surface area contributed by atoms with Gasteiger partial charge in [-0.15, -0.1) is 0 Å². The number of hydrogen-bond donors (Lipinski definition) is 2. The summed E-state index contributed by atoms with van der Waals surface area (Å²) in [4.78, 5) is 7.73. The van der Waals surface area contributed by atoms with Gasteiger partial charge in [0.2, 0.25) is 0 Å². The third kappa shape index (κ3) is 2.38. The third-order valence-corrected chi connectivity index (χ3v) is 1.47. The van der Waals surface area contributed by atoms with Crippen LogP contribution in [0, 0.1) is 0 Å². The van der Waals surface area contributed by atoms with Gasteiger partial charge in [0.25, 0.3) is 0 Å². The molecule has 0 unspecified atom stereocenters. The molecule has 0 spiro atoms. The molecule has 0 bridgehead atoms. The summed E-state index contributed by atoms with van der Waals surface area (Å²) in [6, 6.07) is 1.97. The van der Waals surface area contributed by atoms with Gasteiger partial charge in [-0.3, -0.25) is 0 Å². The van der Waals surface area contributed by atoms with Crippen molar-refractivity contribution in [2.24, 2.45) is 0 Å². The minimum Gasteiger partial charge on any atom is -0.362 e. The van der Waals surface area contributed by atoms with Crippen LogP contribution in [0.15, 0.2) is 24.5 Å². The van der Waals surface area contributed by atoms with Crippen LogP contribution in [-0.2, 0) is 4.84 Å². The average Bonchev–Trinajstić information content (AvgIpc) is 2.46. The van der Waals surface area contributed by atoms with E-state index in [1.54, 1.807) is 12.6 Å². The van der Waals surface area contributed by atoms with E-state index in [1.165, 1.54) is 0 Å².